The number of aliphatic carboxylic acids is 1. The number of unbranched alkanes of at least 4 members (excludes halogenated alkanes) is 5. The molecule has 116 valence electrons. The van der Waals surface area contributed by atoms with Crippen LogP contribution in [0.2, 0.25) is 0 Å². The summed E-state index contributed by atoms with van der Waals surface area (Å²) >= 11 is 0. The van der Waals surface area contributed by atoms with Crippen molar-refractivity contribution < 1.29 is 40.9 Å². The number of rotatable bonds is 13. The van der Waals surface area contributed by atoms with Crippen molar-refractivity contribution in [3.63, 3.8) is 0 Å². The molecule has 0 spiro atoms. The van der Waals surface area contributed by atoms with Crippen LogP contribution in [0.1, 0.15) is 72.6 Å². The molecule has 0 aromatic heterocycles. The second kappa shape index (κ2) is 19.7. The van der Waals surface area contributed by atoms with Crippen molar-refractivity contribution in [2.24, 2.45) is 0 Å². The first kappa shape index (κ1) is 23.0. The van der Waals surface area contributed by atoms with Crippen LogP contribution in [0.15, 0.2) is 36.5 Å². The third-order valence-corrected chi connectivity index (χ3v) is 3.04. The van der Waals surface area contributed by atoms with Crippen LogP contribution in [0, 0.1) is 0 Å². The zero-order valence-electron chi connectivity index (χ0n) is 14.9. The molecule has 0 unspecified atom stereocenters. The average molecular weight is 302 g/mol. The van der Waals surface area contributed by atoms with Gasteiger partial charge in [-0.25, -0.2) is 0 Å². The molecule has 1 N–H and O–H groups in total. The predicted molar refractivity (Wildman–Crippen MR) is 88.0 cm³/mol. The fraction of sp³-hybridized carbons (Fsp3) is 0.611. The van der Waals surface area contributed by atoms with Crippen molar-refractivity contribution in [3.8, 4) is 0 Å². The molecule has 0 heterocycles. The zero-order chi connectivity index (χ0) is 14.9. The van der Waals surface area contributed by atoms with Gasteiger partial charge < -0.3 is 6.53 Å². The van der Waals surface area contributed by atoms with Gasteiger partial charge in [0.25, 0.3) is 0 Å². The van der Waals surface area contributed by atoms with Crippen molar-refractivity contribution in [2.75, 3.05) is 0 Å². The summed E-state index contributed by atoms with van der Waals surface area (Å²) in [7, 11) is 0. The first-order valence-corrected chi connectivity index (χ1v) is 7.94. The summed E-state index contributed by atoms with van der Waals surface area (Å²) in [4.78, 5) is 10.3. The molecule has 0 saturated carbocycles. The van der Waals surface area contributed by atoms with E-state index < -0.39 is 5.97 Å². The Kier molecular flexibility index (Phi) is 21.5. The molecule has 21 heavy (non-hydrogen) atoms. The molecule has 0 rings (SSSR count). The van der Waals surface area contributed by atoms with Crippen LogP contribution in [0.5, 0.6) is 0 Å². The Morgan fingerprint density at radius 3 is 2.00 bits per heavy atom. The van der Waals surface area contributed by atoms with Gasteiger partial charge in [-0.2, -0.15) is 0 Å². The van der Waals surface area contributed by atoms with Crippen LogP contribution in [0.4, 0.5) is 0 Å². The van der Waals surface area contributed by atoms with Crippen LogP contribution in [-0.4, -0.2) is 11.1 Å². The van der Waals surface area contributed by atoms with Crippen LogP contribution in [-0.2, 0) is 4.79 Å². The monoisotopic (exact) mass is 302 g/mol. The Bertz CT molecular complexity index is 312. The number of allylic oxidation sites excluding steroid dienone is 6. The van der Waals surface area contributed by atoms with Crippen LogP contribution >= 0.6 is 0 Å². The number of carboxylic acid groups (broad SMARTS) is 1. The van der Waals surface area contributed by atoms with Crippen molar-refractivity contribution >= 4 is 5.97 Å². The number of hydrogen-bond acceptors (Lipinski definition) is 1. The third kappa shape index (κ3) is 22.1. The maximum Gasteiger partial charge on any atom is 1.00 e. The smallest absolute Gasteiger partial charge is 1.00 e. The Morgan fingerprint density at radius 1 is 0.857 bits per heavy atom. The molecule has 2 nitrogen and oxygen atoms in total. The van der Waals surface area contributed by atoms with Gasteiger partial charge in [0, 0.05) is 6.42 Å². The maximum atomic E-state index is 10.3. The van der Waals surface area contributed by atoms with Crippen molar-refractivity contribution in [2.45, 2.75) is 71.1 Å². The maximum absolute atomic E-state index is 10.3. The van der Waals surface area contributed by atoms with Crippen molar-refractivity contribution in [3.05, 3.63) is 36.5 Å². The van der Waals surface area contributed by atoms with E-state index in [4.69, 9.17) is 5.11 Å². The molecule has 0 saturated heterocycles. The molecule has 0 radical (unpaired) electrons. The van der Waals surface area contributed by atoms with Gasteiger partial charge in [0.15, 0.2) is 0 Å². The molecular formula is C18H31NaO2. The van der Waals surface area contributed by atoms with Gasteiger partial charge in [-0.1, -0.05) is 62.6 Å². The number of carboxylic acids is 1. The molecule has 3 heteroatoms. The summed E-state index contributed by atoms with van der Waals surface area (Å²) in [6, 6.07) is 0. The molecule has 0 aromatic carbocycles. The van der Waals surface area contributed by atoms with Gasteiger partial charge >= 0.3 is 35.5 Å². The summed E-state index contributed by atoms with van der Waals surface area (Å²) in [6.07, 6.45) is 23.4. The Labute approximate surface area is 154 Å². The largest absolute Gasteiger partial charge is 1.00 e. The summed E-state index contributed by atoms with van der Waals surface area (Å²) in [5, 5.41) is 8.50. The average Bonchev–Trinajstić information content (AvgIpc) is 2.43. The van der Waals surface area contributed by atoms with Crippen molar-refractivity contribution in [1.29, 1.82) is 0 Å². The van der Waals surface area contributed by atoms with E-state index in [9.17, 15) is 4.79 Å². The number of carbonyl (C=O) groups is 1. The number of hydrogen-bond donors (Lipinski definition) is 1. The molecule has 0 bridgehead atoms. The van der Waals surface area contributed by atoms with Crippen LogP contribution in [0.3, 0.4) is 0 Å². The van der Waals surface area contributed by atoms with E-state index in [2.05, 4.69) is 43.4 Å². The van der Waals surface area contributed by atoms with Gasteiger partial charge in [-0.3, -0.25) is 4.79 Å². The first-order valence-electron chi connectivity index (χ1n) is 7.94. The van der Waals surface area contributed by atoms with Crippen molar-refractivity contribution in [1.82, 2.24) is 0 Å². The standard InChI is InChI=1S/C18H30O2.Na.H/c1-2-3-4-5-6-7-8-9-10-11-12-13-14-15-16-17-18(19)20;;/h3-4,6-7,9-10H,2,5,8,11-17H2,1H3,(H,19,20);;/q;+1;-1/b4-3-,7-6-,10-9-;;. The predicted octanol–water partition coefficient (Wildman–Crippen LogP) is 2.78. The third-order valence-electron chi connectivity index (χ3n) is 3.04. The van der Waals surface area contributed by atoms with E-state index in [0.29, 0.717) is 6.42 Å². The zero-order valence-corrected chi connectivity index (χ0v) is 15.9. The minimum Gasteiger partial charge on any atom is -1.00 e. The van der Waals surface area contributed by atoms with E-state index in [0.717, 1.165) is 44.9 Å². The fourth-order valence-corrected chi connectivity index (χ4v) is 1.90. The van der Waals surface area contributed by atoms with Gasteiger partial charge in [-0.05, 0) is 38.5 Å². The summed E-state index contributed by atoms with van der Waals surface area (Å²) in [5.41, 5.74) is 0. The Balaban J connectivity index is -0.00000180. The second-order valence-corrected chi connectivity index (χ2v) is 4.99. The van der Waals surface area contributed by atoms with Gasteiger partial charge in [0.05, 0.1) is 0 Å². The van der Waals surface area contributed by atoms with E-state index in [1.54, 1.807) is 0 Å². The molecule has 0 aliphatic heterocycles. The molecule has 0 aliphatic rings. The molecule has 0 aliphatic carbocycles. The Morgan fingerprint density at radius 2 is 1.38 bits per heavy atom. The Hall–Kier alpha value is -0.310. The SMILES string of the molecule is CC/C=C\C/C=C\C/C=C\CCCCCCCC(=O)O.[H-].[Na+]. The summed E-state index contributed by atoms with van der Waals surface area (Å²) < 4.78 is 0. The van der Waals surface area contributed by atoms with Gasteiger partial charge in [-0.15, -0.1) is 0 Å². The summed E-state index contributed by atoms with van der Waals surface area (Å²) in [5.74, 6) is -0.675. The van der Waals surface area contributed by atoms with Crippen LogP contribution in [0.25, 0.3) is 0 Å². The molecule has 0 atom stereocenters. The van der Waals surface area contributed by atoms with E-state index in [1.807, 2.05) is 0 Å². The van der Waals surface area contributed by atoms with E-state index in [-0.39, 0.29) is 31.0 Å². The summed E-state index contributed by atoms with van der Waals surface area (Å²) in [6.45, 7) is 2.15. The molecule has 0 fully saturated rings. The molecule has 0 aromatic rings. The normalized spacial score (nSPS) is 11.5. The first-order chi connectivity index (χ1) is 9.77. The fourth-order valence-electron chi connectivity index (χ4n) is 1.90. The van der Waals surface area contributed by atoms with E-state index in [1.165, 1.54) is 12.8 Å². The van der Waals surface area contributed by atoms with E-state index >= 15 is 0 Å². The molecule has 0 amide bonds. The van der Waals surface area contributed by atoms with Gasteiger partial charge in [0.2, 0.25) is 0 Å². The minimum atomic E-state index is -0.675. The topological polar surface area (TPSA) is 37.3 Å². The van der Waals surface area contributed by atoms with Crippen LogP contribution < -0.4 is 29.6 Å². The minimum absolute atomic E-state index is 0. The molecular weight excluding hydrogens is 271 g/mol. The quantitative estimate of drug-likeness (QED) is 0.323. The van der Waals surface area contributed by atoms with Gasteiger partial charge in [0.1, 0.15) is 0 Å². The second-order valence-electron chi connectivity index (χ2n) is 4.99.